The standard InChI is InChI=1S/C12H18BrClN4/c1-8(2)18-4-3-9(6-18)5-15-12-10(13)11(14)16-7-17-12/h7-9H,3-6H2,1-2H3,(H,15,16,17). The van der Waals surface area contributed by atoms with Crippen molar-refractivity contribution in [1.29, 1.82) is 0 Å². The van der Waals surface area contributed by atoms with Crippen LogP contribution >= 0.6 is 27.5 Å². The molecule has 0 spiro atoms. The highest BCUT2D eigenvalue weighted by Gasteiger charge is 2.24. The van der Waals surface area contributed by atoms with Crippen LogP contribution in [0.25, 0.3) is 0 Å². The van der Waals surface area contributed by atoms with Gasteiger partial charge in [-0.05, 0) is 48.7 Å². The lowest BCUT2D eigenvalue weighted by molar-refractivity contribution is 0.266. The first-order valence-electron chi connectivity index (χ1n) is 6.22. The van der Waals surface area contributed by atoms with E-state index in [-0.39, 0.29) is 0 Å². The molecule has 0 aliphatic carbocycles. The summed E-state index contributed by atoms with van der Waals surface area (Å²) in [6.07, 6.45) is 2.71. The van der Waals surface area contributed by atoms with Crippen LogP contribution in [0.4, 0.5) is 5.82 Å². The third-order valence-electron chi connectivity index (χ3n) is 3.35. The zero-order valence-electron chi connectivity index (χ0n) is 10.7. The summed E-state index contributed by atoms with van der Waals surface area (Å²) in [5.74, 6) is 1.45. The predicted octanol–water partition coefficient (Wildman–Crippen LogP) is 3.03. The Morgan fingerprint density at radius 2 is 2.33 bits per heavy atom. The van der Waals surface area contributed by atoms with E-state index in [1.54, 1.807) is 0 Å². The van der Waals surface area contributed by atoms with Gasteiger partial charge in [-0.3, -0.25) is 0 Å². The van der Waals surface area contributed by atoms with Crippen LogP contribution < -0.4 is 5.32 Å². The van der Waals surface area contributed by atoms with Gasteiger partial charge in [0, 0.05) is 19.1 Å². The number of hydrogen-bond acceptors (Lipinski definition) is 4. The van der Waals surface area contributed by atoms with E-state index >= 15 is 0 Å². The Morgan fingerprint density at radius 3 is 3.00 bits per heavy atom. The first kappa shape index (κ1) is 14.0. The van der Waals surface area contributed by atoms with Crippen molar-refractivity contribution in [1.82, 2.24) is 14.9 Å². The van der Waals surface area contributed by atoms with Crippen molar-refractivity contribution in [2.24, 2.45) is 5.92 Å². The molecule has 1 aromatic rings. The molecule has 1 N–H and O–H groups in total. The van der Waals surface area contributed by atoms with Crippen LogP contribution in [-0.2, 0) is 0 Å². The van der Waals surface area contributed by atoms with E-state index in [9.17, 15) is 0 Å². The Hall–Kier alpha value is -0.390. The van der Waals surface area contributed by atoms with Crippen LogP contribution in [0.5, 0.6) is 0 Å². The number of nitrogens with zero attached hydrogens (tertiary/aromatic N) is 3. The molecule has 1 saturated heterocycles. The van der Waals surface area contributed by atoms with Gasteiger partial charge in [0.2, 0.25) is 0 Å². The molecule has 0 radical (unpaired) electrons. The predicted molar refractivity (Wildman–Crippen MR) is 78.0 cm³/mol. The highest BCUT2D eigenvalue weighted by Crippen LogP contribution is 2.27. The van der Waals surface area contributed by atoms with Crippen molar-refractivity contribution in [3.05, 3.63) is 16.0 Å². The Kier molecular flexibility index (Phi) is 4.81. The number of aromatic nitrogens is 2. The minimum absolute atomic E-state index is 0.447. The normalized spacial score (nSPS) is 20.6. The maximum atomic E-state index is 5.93. The fourth-order valence-corrected chi connectivity index (χ4v) is 2.69. The van der Waals surface area contributed by atoms with E-state index in [2.05, 4.69) is 50.0 Å². The molecule has 2 rings (SSSR count). The third-order valence-corrected chi connectivity index (χ3v) is 4.62. The van der Waals surface area contributed by atoms with Crippen molar-refractivity contribution in [3.63, 3.8) is 0 Å². The number of anilines is 1. The molecule has 0 amide bonds. The molecule has 6 heteroatoms. The zero-order chi connectivity index (χ0) is 13.1. The van der Waals surface area contributed by atoms with Gasteiger partial charge in [-0.15, -0.1) is 0 Å². The Labute approximate surface area is 121 Å². The number of likely N-dealkylation sites (tertiary alicyclic amines) is 1. The molecule has 100 valence electrons. The van der Waals surface area contributed by atoms with Gasteiger partial charge >= 0.3 is 0 Å². The van der Waals surface area contributed by atoms with Crippen molar-refractivity contribution < 1.29 is 0 Å². The SMILES string of the molecule is CC(C)N1CCC(CNc2ncnc(Cl)c2Br)C1. The summed E-state index contributed by atoms with van der Waals surface area (Å²) in [5, 5.41) is 3.79. The Bertz CT molecular complexity index is 413. The van der Waals surface area contributed by atoms with Gasteiger partial charge in [0.1, 0.15) is 17.3 Å². The molecule has 1 aliphatic heterocycles. The first-order chi connectivity index (χ1) is 8.58. The Morgan fingerprint density at radius 1 is 1.56 bits per heavy atom. The van der Waals surface area contributed by atoms with Crippen molar-refractivity contribution in [2.75, 3.05) is 25.0 Å². The minimum Gasteiger partial charge on any atom is -0.369 e. The number of rotatable bonds is 4. The molecule has 0 aromatic carbocycles. The molecular weight excluding hydrogens is 316 g/mol. The fraction of sp³-hybridized carbons (Fsp3) is 0.667. The molecule has 0 bridgehead atoms. The lowest BCUT2D eigenvalue weighted by Crippen LogP contribution is -2.29. The number of hydrogen-bond donors (Lipinski definition) is 1. The first-order valence-corrected chi connectivity index (χ1v) is 7.39. The van der Waals surface area contributed by atoms with E-state index in [1.165, 1.54) is 19.3 Å². The van der Waals surface area contributed by atoms with Gasteiger partial charge in [-0.25, -0.2) is 9.97 Å². The zero-order valence-corrected chi connectivity index (χ0v) is 13.0. The summed E-state index contributed by atoms with van der Waals surface area (Å²) in [4.78, 5) is 10.6. The van der Waals surface area contributed by atoms with Gasteiger partial charge < -0.3 is 10.2 Å². The second-order valence-corrected chi connectivity index (χ2v) is 6.10. The molecule has 1 fully saturated rings. The largest absolute Gasteiger partial charge is 0.369 e. The van der Waals surface area contributed by atoms with Crippen molar-refractivity contribution >= 4 is 33.3 Å². The molecule has 1 aromatic heterocycles. The van der Waals surface area contributed by atoms with Gasteiger partial charge in [-0.1, -0.05) is 11.6 Å². The molecule has 1 atom stereocenters. The molecule has 2 heterocycles. The van der Waals surface area contributed by atoms with Crippen LogP contribution in [0.1, 0.15) is 20.3 Å². The van der Waals surface area contributed by atoms with E-state index < -0.39 is 0 Å². The lowest BCUT2D eigenvalue weighted by Gasteiger charge is -2.20. The van der Waals surface area contributed by atoms with Crippen LogP contribution in [0.2, 0.25) is 5.15 Å². The summed E-state index contributed by atoms with van der Waals surface area (Å²) < 4.78 is 0.741. The van der Waals surface area contributed by atoms with E-state index in [0.29, 0.717) is 17.1 Å². The monoisotopic (exact) mass is 332 g/mol. The summed E-state index contributed by atoms with van der Waals surface area (Å²) in [5.41, 5.74) is 0. The number of halogens is 2. The number of nitrogens with one attached hydrogen (secondary N) is 1. The third kappa shape index (κ3) is 3.33. The maximum Gasteiger partial charge on any atom is 0.148 e. The lowest BCUT2D eigenvalue weighted by atomic mass is 10.1. The quantitative estimate of drug-likeness (QED) is 0.860. The fourth-order valence-electron chi connectivity index (χ4n) is 2.21. The van der Waals surface area contributed by atoms with E-state index in [0.717, 1.165) is 23.4 Å². The summed E-state index contributed by atoms with van der Waals surface area (Å²) in [7, 11) is 0. The highest BCUT2D eigenvalue weighted by molar-refractivity contribution is 9.10. The average molecular weight is 334 g/mol. The molecule has 1 unspecified atom stereocenters. The summed E-state index contributed by atoms with van der Waals surface area (Å²) in [6.45, 7) is 7.76. The minimum atomic E-state index is 0.447. The molecule has 4 nitrogen and oxygen atoms in total. The smallest absolute Gasteiger partial charge is 0.148 e. The van der Waals surface area contributed by atoms with Crippen LogP contribution in [-0.4, -0.2) is 40.5 Å². The van der Waals surface area contributed by atoms with E-state index in [1.807, 2.05) is 0 Å². The van der Waals surface area contributed by atoms with E-state index in [4.69, 9.17) is 11.6 Å². The van der Waals surface area contributed by atoms with Crippen molar-refractivity contribution in [2.45, 2.75) is 26.3 Å². The second kappa shape index (κ2) is 6.17. The topological polar surface area (TPSA) is 41.0 Å². The van der Waals surface area contributed by atoms with Gasteiger partial charge in [0.05, 0.1) is 4.47 Å². The Balaban J connectivity index is 1.87. The molecule has 18 heavy (non-hydrogen) atoms. The molecular formula is C12H18BrClN4. The molecule has 0 saturated carbocycles. The summed E-state index contributed by atoms with van der Waals surface area (Å²) in [6, 6.07) is 0.634. The second-order valence-electron chi connectivity index (χ2n) is 4.95. The average Bonchev–Trinajstić information content (AvgIpc) is 2.80. The van der Waals surface area contributed by atoms with Crippen LogP contribution in [0, 0.1) is 5.92 Å². The summed E-state index contributed by atoms with van der Waals surface area (Å²) >= 11 is 9.32. The highest BCUT2D eigenvalue weighted by atomic mass is 79.9. The van der Waals surface area contributed by atoms with Crippen molar-refractivity contribution in [3.8, 4) is 0 Å². The molecule has 1 aliphatic rings. The van der Waals surface area contributed by atoms with Gasteiger partial charge in [0.25, 0.3) is 0 Å². The van der Waals surface area contributed by atoms with Crippen LogP contribution in [0.3, 0.4) is 0 Å². The van der Waals surface area contributed by atoms with Gasteiger partial charge in [-0.2, -0.15) is 0 Å². The maximum absolute atomic E-state index is 5.93. The van der Waals surface area contributed by atoms with Gasteiger partial charge in [0.15, 0.2) is 0 Å². The van der Waals surface area contributed by atoms with Crippen LogP contribution in [0.15, 0.2) is 10.8 Å².